The zero-order valence-electron chi connectivity index (χ0n) is 10.6. The van der Waals surface area contributed by atoms with Crippen LogP contribution in [0.4, 0.5) is 0 Å². The van der Waals surface area contributed by atoms with E-state index in [-0.39, 0.29) is 6.04 Å². The molecule has 96 valence electrons. The molecule has 3 nitrogen and oxygen atoms in total. The van der Waals surface area contributed by atoms with Gasteiger partial charge in [0.25, 0.3) is 0 Å². The average molecular weight is 262 g/mol. The predicted molar refractivity (Wildman–Crippen MR) is 74.5 cm³/mol. The minimum Gasteiger partial charge on any atom is -0.383 e. The predicted octanol–water partition coefficient (Wildman–Crippen LogP) is 2.70. The van der Waals surface area contributed by atoms with Crippen LogP contribution in [0, 0.1) is 0 Å². The van der Waals surface area contributed by atoms with Gasteiger partial charge in [0.1, 0.15) is 5.60 Å². The molecule has 2 rings (SSSR count). The first kappa shape index (κ1) is 13.2. The number of thiophene rings is 1. The van der Waals surface area contributed by atoms with Gasteiger partial charge >= 0.3 is 0 Å². The van der Waals surface area contributed by atoms with E-state index in [1.54, 1.807) is 23.7 Å². The maximum Gasteiger partial charge on any atom is 0.108 e. The van der Waals surface area contributed by atoms with E-state index >= 15 is 0 Å². The summed E-state index contributed by atoms with van der Waals surface area (Å²) in [6, 6.07) is 8.08. The summed E-state index contributed by atoms with van der Waals surface area (Å²) in [5.41, 5.74) is 0.349. The van der Waals surface area contributed by atoms with Crippen molar-refractivity contribution in [3.05, 3.63) is 52.5 Å². The van der Waals surface area contributed by atoms with Gasteiger partial charge in [-0.05, 0) is 43.0 Å². The van der Waals surface area contributed by atoms with Crippen molar-refractivity contribution < 1.29 is 5.11 Å². The molecule has 0 radical (unpaired) electrons. The number of aromatic nitrogens is 1. The van der Waals surface area contributed by atoms with Gasteiger partial charge in [-0.15, -0.1) is 11.3 Å². The first-order chi connectivity index (χ1) is 8.59. The van der Waals surface area contributed by atoms with Crippen LogP contribution in [0.2, 0.25) is 0 Å². The summed E-state index contributed by atoms with van der Waals surface area (Å²) in [6.45, 7) is 4.45. The van der Waals surface area contributed by atoms with Crippen LogP contribution in [0.3, 0.4) is 0 Å². The molecule has 0 spiro atoms. The average Bonchev–Trinajstić information content (AvgIpc) is 2.92. The molecular formula is C14H18N2OS. The largest absolute Gasteiger partial charge is 0.383 e. The van der Waals surface area contributed by atoms with Gasteiger partial charge in [0, 0.05) is 29.9 Å². The number of hydrogen-bond acceptors (Lipinski definition) is 4. The monoisotopic (exact) mass is 262 g/mol. The van der Waals surface area contributed by atoms with E-state index in [0.29, 0.717) is 6.54 Å². The highest BCUT2D eigenvalue weighted by atomic mass is 32.1. The van der Waals surface area contributed by atoms with Gasteiger partial charge in [0.05, 0.1) is 0 Å². The Labute approximate surface area is 112 Å². The first-order valence-corrected chi connectivity index (χ1v) is 6.87. The Hall–Kier alpha value is -1.23. The van der Waals surface area contributed by atoms with Gasteiger partial charge in [0.2, 0.25) is 0 Å². The van der Waals surface area contributed by atoms with Crippen LogP contribution in [0.1, 0.15) is 30.3 Å². The highest BCUT2D eigenvalue weighted by molar-refractivity contribution is 7.10. The standard InChI is InChI=1S/C14H18N2OS/c1-11(12-5-7-15-8-6-12)16-10-14(2,17)13-4-3-9-18-13/h3-9,11,16-17H,10H2,1-2H3. The van der Waals surface area contributed by atoms with E-state index in [1.807, 2.05) is 36.6 Å². The van der Waals surface area contributed by atoms with E-state index in [0.717, 1.165) is 4.88 Å². The van der Waals surface area contributed by atoms with Gasteiger partial charge in [-0.1, -0.05) is 6.07 Å². The van der Waals surface area contributed by atoms with Crippen LogP contribution in [0.15, 0.2) is 42.0 Å². The molecule has 2 atom stereocenters. The Morgan fingerprint density at radius 3 is 2.72 bits per heavy atom. The third-order valence-corrected chi connectivity index (χ3v) is 4.13. The molecule has 0 aliphatic rings. The lowest BCUT2D eigenvalue weighted by molar-refractivity contribution is 0.0581. The Kier molecular flexibility index (Phi) is 4.11. The summed E-state index contributed by atoms with van der Waals surface area (Å²) in [5.74, 6) is 0. The fourth-order valence-corrected chi connectivity index (χ4v) is 2.58. The number of nitrogens with zero attached hydrogens (tertiary/aromatic N) is 1. The maximum atomic E-state index is 10.4. The fourth-order valence-electron chi connectivity index (χ4n) is 1.79. The van der Waals surface area contributed by atoms with E-state index in [4.69, 9.17) is 0 Å². The molecule has 2 N–H and O–H groups in total. The second kappa shape index (κ2) is 5.61. The molecule has 0 aliphatic carbocycles. The van der Waals surface area contributed by atoms with Crippen molar-refractivity contribution in [2.75, 3.05) is 6.54 Å². The number of aliphatic hydroxyl groups is 1. The second-order valence-corrected chi connectivity index (χ2v) is 5.58. The van der Waals surface area contributed by atoms with Crippen molar-refractivity contribution >= 4 is 11.3 Å². The highest BCUT2D eigenvalue weighted by Gasteiger charge is 2.24. The number of nitrogens with one attached hydrogen (secondary N) is 1. The summed E-state index contributed by atoms with van der Waals surface area (Å²) >= 11 is 1.58. The van der Waals surface area contributed by atoms with E-state index < -0.39 is 5.60 Å². The normalized spacial score (nSPS) is 16.2. The van der Waals surface area contributed by atoms with Crippen LogP contribution >= 0.6 is 11.3 Å². The topological polar surface area (TPSA) is 45.1 Å². The summed E-state index contributed by atoms with van der Waals surface area (Å²) in [5, 5.41) is 15.7. The second-order valence-electron chi connectivity index (χ2n) is 4.63. The van der Waals surface area contributed by atoms with Crippen LogP contribution in [0.5, 0.6) is 0 Å². The third kappa shape index (κ3) is 3.16. The first-order valence-electron chi connectivity index (χ1n) is 5.99. The van der Waals surface area contributed by atoms with Crippen molar-refractivity contribution in [1.29, 1.82) is 0 Å². The van der Waals surface area contributed by atoms with Crippen molar-refractivity contribution in [3.63, 3.8) is 0 Å². The highest BCUT2D eigenvalue weighted by Crippen LogP contribution is 2.25. The molecule has 0 aromatic carbocycles. The molecule has 0 amide bonds. The van der Waals surface area contributed by atoms with Crippen LogP contribution in [-0.4, -0.2) is 16.6 Å². The molecule has 0 saturated heterocycles. The van der Waals surface area contributed by atoms with Gasteiger partial charge in [0.15, 0.2) is 0 Å². The van der Waals surface area contributed by atoms with Crippen LogP contribution in [0.25, 0.3) is 0 Å². The van der Waals surface area contributed by atoms with Crippen molar-refractivity contribution in [3.8, 4) is 0 Å². The Balaban J connectivity index is 1.96. The maximum absolute atomic E-state index is 10.4. The summed E-state index contributed by atoms with van der Waals surface area (Å²) < 4.78 is 0. The minimum atomic E-state index is -0.824. The lowest BCUT2D eigenvalue weighted by Crippen LogP contribution is -2.36. The molecule has 2 aromatic rings. The molecular weight excluding hydrogens is 244 g/mol. The molecule has 2 aromatic heterocycles. The Morgan fingerprint density at radius 2 is 2.11 bits per heavy atom. The van der Waals surface area contributed by atoms with Crippen molar-refractivity contribution in [1.82, 2.24) is 10.3 Å². The molecule has 0 aliphatic heterocycles. The molecule has 4 heteroatoms. The van der Waals surface area contributed by atoms with E-state index in [9.17, 15) is 5.11 Å². The minimum absolute atomic E-state index is 0.194. The van der Waals surface area contributed by atoms with Gasteiger partial charge in [-0.25, -0.2) is 0 Å². The molecule has 18 heavy (non-hydrogen) atoms. The van der Waals surface area contributed by atoms with Gasteiger partial charge < -0.3 is 10.4 Å². The number of pyridine rings is 1. The Bertz CT molecular complexity index is 468. The van der Waals surface area contributed by atoms with Crippen LogP contribution < -0.4 is 5.32 Å². The van der Waals surface area contributed by atoms with Gasteiger partial charge in [-0.3, -0.25) is 4.98 Å². The molecule has 0 bridgehead atoms. The number of rotatable bonds is 5. The molecule has 2 unspecified atom stereocenters. The SMILES string of the molecule is CC(NCC(C)(O)c1cccs1)c1ccncc1. The van der Waals surface area contributed by atoms with Crippen molar-refractivity contribution in [2.24, 2.45) is 0 Å². The zero-order valence-corrected chi connectivity index (χ0v) is 11.4. The quantitative estimate of drug-likeness (QED) is 0.871. The number of hydrogen-bond donors (Lipinski definition) is 2. The van der Waals surface area contributed by atoms with Crippen molar-refractivity contribution in [2.45, 2.75) is 25.5 Å². The van der Waals surface area contributed by atoms with E-state index in [1.165, 1.54) is 5.56 Å². The molecule has 0 fully saturated rings. The summed E-state index contributed by atoms with van der Waals surface area (Å²) in [4.78, 5) is 4.99. The van der Waals surface area contributed by atoms with Gasteiger partial charge in [-0.2, -0.15) is 0 Å². The summed E-state index contributed by atoms with van der Waals surface area (Å²) in [6.07, 6.45) is 3.57. The van der Waals surface area contributed by atoms with E-state index in [2.05, 4.69) is 17.2 Å². The fraction of sp³-hybridized carbons (Fsp3) is 0.357. The molecule has 0 saturated carbocycles. The Morgan fingerprint density at radius 1 is 1.39 bits per heavy atom. The third-order valence-electron chi connectivity index (χ3n) is 3.01. The molecule has 2 heterocycles. The van der Waals surface area contributed by atoms with Crippen LogP contribution in [-0.2, 0) is 5.60 Å². The zero-order chi connectivity index (χ0) is 13.0. The lowest BCUT2D eigenvalue weighted by atomic mass is 10.0. The lowest BCUT2D eigenvalue weighted by Gasteiger charge is -2.25. The smallest absolute Gasteiger partial charge is 0.108 e. The summed E-state index contributed by atoms with van der Waals surface area (Å²) in [7, 11) is 0.